The number of benzene rings is 1. The molecule has 3 rings (SSSR count). The number of nitrogens with zero attached hydrogens (tertiary/aromatic N) is 1. The molecule has 2 heterocycles. The lowest BCUT2D eigenvalue weighted by molar-refractivity contribution is -0.173. The summed E-state index contributed by atoms with van der Waals surface area (Å²) in [6, 6.07) is 6.61. The zero-order valence-corrected chi connectivity index (χ0v) is 14.2. The third-order valence-corrected chi connectivity index (χ3v) is 4.55. The summed E-state index contributed by atoms with van der Waals surface area (Å²) in [6.45, 7) is 7.60. The van der Waals surface area contributed by atoms with Crippen molar-refractivity contribution in [3.05, 3.63) is 36.9 Å². The van der Waals surface area contributed by atoms with Crippen molar-refractivity contribution in [1.82, 2.24) is 0 Å². The molecule has 6 nitrogen and oxygen atoms in total. The monoisotopic (exact) mass is 333 g/mol. The van der Waals surface area contributed by atoms with Gasteiger partial charge in [0.2, 0.25) is 0 Å². The van der Waals surface area contributed by atoms with Crippen molar-refractivity contribution in [2.45, 2.75) is 43.8 Å². The summed E-state index contributed by atoms with van der Waals surface area (Å²) >= 11 is 0. The Hall–Kier alpha value is -1.89. The van der Waals surface area contributed by atoms with Crippen molar-refractivity contribution >= 4 is 11.6 Å². The van der Waals surface area contributed by atoms with Crippen molar-refractivity contribution in [1.29, 1.82) is 0 Å². The second kappa shape index (κ2) is 5.88. The van der Waals surface area contributed by atoms with Crippen molar-refractivity contribution in [3.8, 4) is 5.75 Å². The van der Waals surface area contributed by atoms with Gasteiger partial charge >= 0.3 is 0 Å². The first-order chi connectivity index (χ1) is 11.3. The van der Waals surface area contributed by atoms with Gasteiger partial charge in [-0.25, -0.2) is 0 Å². The minimum absolute atomic E-state index is 0.170. The van der Waals surface area contributed by atoms with Crippen molar-refractivity contribution in [2.75, 3.05) is 18.6 Å². The highest BCUT2D eigenvalue weighted by atomic mass is 16.7. The molecule has 0 bridgehead atoms. The summed E-state index contributed by atoms with van der Waals surface area (Å²) in [6.07, 6.45) is 1.31. The van der Waals surface area contributed by atoms with E-state index in [1.54, 1.807) is 42.4 Å². The molecular formula is C18H23NO5. The van der Waals surface area contributed by atoms with E-state index in [1.165, 1.54) is 0 Å². The molecule has 6 heteroatoms. The summed E-state index contributed by atoms with van der Waals surface area (Å²) in [5.41, 5.74) is -0.830. The van der Waals surface area contributed by atoms with Crippen LogP contribution in [-0.4, -0.2) is 48.3 Å². The van der Waals surface area contributed by atoms with Gasteiger partial charge in [-0.1, -0.05) is 6.08 Å². The Kier molecular flexibility index (Phi) is 4.15. The first-order valence-electron chi connectivity index (χ1n) is 7.95. The van der Waals surface area contributed by atoms with Gasteiger partial charge < -0.3 is 24.2 Å². The van der Waals surface area contributed by atoms with Gasteiger partial charge in [0.25, 0.3) is 5.91 Å². The number of ether oxygens (including phenoxy) is 3. The second-order valence-electron chi connectivity index (χ2n) is 6.60. The number of rotatable bonds is 5. The standard InChI is InChI=1S/C18H23NO5/c1-5-10-18(21)15(14-11-23-17(2,3)24-14)19(16(18)20)12-6-8-13(22-4)9-7-12/h5-9,14-15,21H,1,10-11H2,2-4H3/t14?,15-,18+/m1/s1. The Morgan fingerprint density at radius 3 is 2.58 bits per heavy atom. The van der Waals surface area contributed by atoms with Crippen LogP contribution in [0.15, 0.2) is 36.9 Å². The predicted octanol–water partition coefficient (Wildman–Crippen LogP) is 1.87. The largest absolute Gasteiger partial charge is 0.497 e. The molecule has 1 aromatic carbocycles. The summed E-state index contributed by atoms with van der Waals surface area (Å²) in [7, 11) is 1.58. The molecule has 130 valence electrons. The number of hydrogen-bond acceptors (Lipinski definition) is 5. The maximum Gasteiger partial charge on any atom is 0.262 e. The molecule has 1 N–H and O–H groups in total. The molecule has 2 fully saturated rings. The number of carbonyl (C=O) groups is 1. The Morgan fingerprint density at radius 2 is 2.08 bits per heavy atom. The Balaban J connectivity index is 1.92. The van der Waals surface area contributed by atoms with Crippen LogP contribution in [0.4, 0.5) is 5.69 Å². The maximum absolute atomic E-state index is 12.7. The van der Waals surface area contributed by atoms with Crippen LogP contribution in [0.1, 0.15) is 20.3 Å². The third kappa shape index (κ3) is 2.60. The maximum atomic E-state index is 12.7. The molecule has 0 saturated carbocycles. The number of methoxy groups -OCH3 is 1. The fourth-order valence-corrected chi connectivity index (χ4v) is 3.40. The Morgan fingerprint density at radius 1 is 1.42 bits per heavy atom. The van der Waals surface area contributed by atoms with Gasteiger partial charge in [0.15, 0.2) is 11.4 Å². The van der Waals surface area contributed by atoms with Crippen LogP contribution in [0, 0.1) is 0 Å². The van der Waals surface area contributed by atoms with Gasteiger partial charge in [-0.3, -0.25) is 4.79 Å². The topological polar surface area (TPSA) is 68.2 Å². The predicted molar refractivity (Wildman–Crippen MR) is 88.9 cm³/mol. The summed E-state index contributed by atoms with van der Waals surface area (Å²) in [5.74, 6) is -0.388. The molecule has 2 saturated heterocycles. The molecule has 0 aliphatic carbocycles. The number of β-lactam (4-membered cyclic amide) rings is 1. The molecule has 3 atom stereocenters. The zero-order valence-electron chi connectivity index (χ0n) is 14.2. The minimum atomic E-state index is -1.52. The first kappa shape index (κ1) is 17.0. The summed E-state index contributed by atoms with van der Waals surface area (Å²) < 4.78 is 16.7. The van der Waals surface area contributed by atoms with Gasteiger partial charge in [-0.05, 0) is 38.1 Å². The smallest absolute Gasteiger partial charge is 0.262 e. The molecule has 1 aromatic rings. The van der Waals surface area contributed by atoms with E-state index < -0.39 is 23.5 Å². The van der Waals surface area contributed by atoms with E-state index in [4.69, 9.17) is 14.2 Å². The van der Waals surface area contributed by atoms with Crippen molar-refractivity contribution < 1.29 is 24.1 Å². The Labute approximate surface area is 141 Å². The molecular weight excluding hydrogens is 310 g/mol. The van der Waals surface area contributed by atoms with E-state index in [1.807, 2.05) is 13.8 Å². The van der Waals surface area contributed by atoms with Gasteiger partial charge in [0.1, 0.15) is 17.9 Å². The van der Waals surface area contributed by atoms with Crippen LogP contribution in [0.5, 0.6) is 5.75 Å². The van der Waals surface area contributed by atoms with Crippen LogP contribution >= 0.6 is 0 Å². The van der Waals surface area contributed by atoms with Crippen molar-refractivity contribution in [2.24, 2.45) is 0 Å². The van der Waals surface area contributed by atoms with Crippen LogP contribution < -0.4 is 9.64 Å². The molecule has 0 aromatic heterocycles. The fourth-order valence-electron chi connectivity index (χ4n) is 3.40. The lowest BCUT2D eigenvalue weighted by atomic mass is 9.76. The fraction of sp³-hybridized carbons (Fsp3) is 0.500. The van der Waals surface area contributed by atoms with Gasteiger partial charge in [-0.2, -0.15) is 0 Å². The van der Waals surface area contributed by atoms with Gasteiger partial charge in [0.05, 0.1) is 13.7 Å². The summed E-state index contributed by atoms with van der Waals surface area (Å²) in [5, 5.41) is 10.9. The number of anilines is 1. The van der Waals surface area contributed by atoms with E-state index in [-0.39, 0.29) is 12.3 Å². The quantitative estimate of drug-likeness (QED) is 0.658. The van der Waals surface area contributed by atoms with E-state index in [2.05, 4.69) is 6.58 Å². The molecule has 1 unspecified atom stereocenters. The SMILES string of the molecule is C=CC[C@@]1(O)C(=O)N(c2ccc(OC)cc2)[C@@H]1C1COC(C)(C)O1. The molecule has 2 aliphatic heterocycles. The third-order valence-electron chi connectivity index (χ3n) is 4.55. The average Bonchev–Trinajstić information content (AvgIpc) is 2.91. The number of amides is 1. The lowest BCUT2D eigenvalue weighted by Crippen LogP contribution is -2.78. The van der Waals surface area contributed by atoms with Crippen LogP contribution in [0.25, 0.3) is 0 Å². The normalized spacial score (nSPS) is 31.7. The number of hydrogen-bond donors (Lipinski definition) is 1. The van der Waals surface area contributed by atoms with E-state index in [9.17, 15) is 9.90 Å². The van der Waals surface area contributed by atoms with E-state index >= 15 is 0 Å². The molecule has 1 amide bonds. The zero-order chi connectivity index (χ0) is 17.5. The second-order valence-corrected chi connectivity index (χ2v) is 6.60. The molecule has 2 aliphatic rings. The van der Waals surface area contributed by atoms with Crippen LogP contribution in [0.2, 0.25) is 0 Å². The highest BCUT2D eigenvalue weighted by Gasteiger charge is 2.64. The Bertz CT molecular complexity index is 641. The first-order valence-corrected chi connectivity index (χ1v) is 7.95. The molecule has 24 heavy (non-hydrogen) atoms. The van der Waals surface area contributed by atoms with Crippen LogP contribution in [-0.2, 0) is 14.3 Å². The van der Waals surface area contributed by atoms with Gasteiger partial charge in [0, 0.05) is 12.1 Å². The van der Waals surface area contributed by atoms with E-state index in [0.29, 0.717) is 18.0 Å². The highest BCUT2D eigenvalue weighted by Crippen LogP contribution is 2.43. The average molecular weight is 333 g/mol. The number of aliphatic hydroxyl groups is 1. The molecule has 0 spiro atoms. The van der Waals surface area contributed by atoms with E-state index in [0.717, 1.165) is 0 Å². The lowest BCUT2D eigenvalue weighted by Gasteiger charge is -2.54. The van der Waals surface area contributed by atoms with Gasteiger partial charge in [-0.15, -0.1) is 6.58 Å². The van der Waals surface area contributed by atoms with Crippen molar-refractivity contribution in [3.63, 3.8) is 0 Å². The molecule has 0 radical (unpaired) electrons. The van der Waals surface area contributed by atoms with Crippen LogP contribution in [0.3, 0.4) is 0 Å². The highest BCUT2D eigenvalue weighted by molar-refractivity contribution is 6.08. The summed E-state index contributed by atoms with van der Waals surface area (Å²) in [4.78, 5) is 14.2. The number of carbonyl (C=O) groups excluding carboxylic acids is 1. The minimum Gasteiger partial charge on any atom is -0.497 e.